The molecule has 0 saturated carbocycles. The maximum absolute atomic E-state index is 11.4. The molecule has 0 aromatic heterocycles. The number of carboxylic acids is 1. The lowest BCUT2D eigenvalue weighted by Gasteiger charge is -2.32. The molecule has 124 valence electrons. The van der Waals surface area contributed by atoms with E-state index in [1.54, 1.807) is 7.11 Å². The summed E-state index contributed by atoms with van der Waals surface area (Å²) in [6, 6.07) is 3.90. The Hall–Kier alpha value is -1.89. The molecule has 7 heteroatoms. The summed E-state index contributed by atoms with van der Waals surface area (Å²) in [4.78, 5) is 13.4. The highest BCUT2D eigenvalue weighted by atomic mass is 79.9. The van der Waals surface area contributed by atoms with Crippen LogP contribution in [0.3, 0.4) is 0 Å². The van der Waals surface area contributed by atoms with E-state index in [-0.39, 0.29) is 16.9 Å². The molecular formula is C16H19BrN2O4. The predicted molar refractivity (Wildman–Crippen MR) is 90.1 cm³/mol. The van der Waals surface area contributed by atoms with Crippen LogP contribution in [0, 0.1) is 0 Å². The van der Waals surface area contributed by atoms with Gasteiger partial charge in [0.2, 0.25) is 0 Å². The molecule has 3 rings (SSSR count). The second kappa shape index (κ2) is 5.96. The quantitative estimate of drug-likeness (QED) is 0.616. The van der Waals surface area contributed by atoms with E-state index in [4.69, 9.17) is 9.47 Å². The lowest BCUT2D eigenvalue weighted by molar-refractivity contribution is -0.133. The Morgan fingerprint density at radius 2 is 2.13 bits per heavy atom. The van der Waals surface area contributed by atoms with Crippen molar-refractivity contribution in [1.29, 1.82) is 0 Å². The number of halogens is 1. The van der Waals surface area contributed by atoms with Gasteiger partial charge in [-0.25, -0.2) is 4.79 Å². The fraction of sp³-hybridized carbons (Fsp3) is 0.438. The number of fused-ring (bicyclic) bond motifs is 3. The molecule has 2 heterocycles. The Kier molecular flexibility index (Phi) is 4.14. The van der Waals surface area contributed by atoms with Gasteiger partial charge in [-0.2, -0.15) is 0 Å². The summed E-state index contributed by atoms with van der Waals surface area (Å²) < 4.78 is 11.3. The van der Waals surface area contributed by atoms with Gasteiger partial charge >= 0.3 is 5.97 Å². The number of hydrogen-bond acceptors (Lipinski definition) is 5. The van der Waals surface area contributed by atoms with Crippen LogP contribution in [0.15, 0.2) is 23.5 Å². The zero-order valence-electron chi connectivity index (χ0n) is 13.2. The highest BCUT2D eigenvalue weighted by molar-refractivity contribution is 9.09. The maximum atomic E-state index is 11.4. The molecule has 0 fully saturated rings. The number of allylic oxidation sites excluding steroid dienone is 1. The summed E-state index contributed by atoms with van der Waals surface area (Å²) in [6.07, 6.45) is 1.45. The van der Waals surface area contributed by atoms with E-state index < -0.39 is 5.97 Å². The topological polar surface area (TPSA) is 71.0 Å². The number of nitrogens with one attached hydrogen (secondary N) is 1. The fourth-order valence-electron chi connectivity index (χ4n) is 3.00. The average Bonchev–Trinajstić information content (AvgIpc) is 2.83. The number of nitrogens with zero attached hydrogens (tertiary/aromatic N) is 1. The third-order valence-electron chi connectivity index (χ3n) is 3.90. The summed E-state index contributed by atoms with van der Waals surface area (Å²) >= 11 is 3.51. The molecule has 0 bridgehead atoms. The molecule has 0 radical (unpaired) electrons. The van der Waals surface area contributed by atoms with Gasteiger partial charge in [-0.3, -0.25) is 0 Å². The Labute approximate surface area is 143 Å². The molecule has 2 aliphatic heterocycles. The van der Waals surface area contributed by atoms with Crippen molar-refractivity contribution in [2.24, 2.45) is 0 Å². The largest absolute Gasteiger partial charge is 0.493 e. The van der Waals surface area contributed by atoms with Crippen LogP contribution >= 0.6 is 15.9 Å². The first-order chi connectivity index (χ1) is 10.9. The average molecular weight is 383 g/mol. The van der Waals surface area contributed by atoms with Crippen molar-refractivity contribution in [1.82, 2.24) is 5.32 Å². The Morgan fingerprint density at radius 1 is 1.39 bits per heavy atom. The molecule has 23 heavy (non-hydrogen) atoms. The van der Waals surface area contributed by atoms with Gasteiger partial charge < -0.3 is 24.8 Å². The molecule has 0 aliphatic carbocycles. The standard InChI is InChI=1S/C16H19BrN2O4/c1-8(2)23-13-7-11-9(6-12(13)22-3)4-5-10-14(15(20)21)18-16(17)19(10)11/h6-8,16,18H,4-5H2,1-3H3,(H,20,21). The lowest BCUT2D eigenvalue weighted by Crippen LogP contribution is -2.34. The number of aliphatic carboxylic acids is 1. The van der Waals surface area contributed by atoms with Crippen molar-refractivity contribution >= 4 is 27.6 Å². The first kappa shape index (κ1) is 16.0. The second-order valence-electron chi connectivity index (χ2n) is 5.78. The monoisotopic (exact) mass is 382 g/mol. The Balaban J connectivity index is 2.09. The Bertz CT molecular complexity index is 687. The molecule has 0 spiro atoms. The molecule has 2 aliphatic rings. The third-order valence-corrected chi connectivity index (χ3v) is 4.54. The molecule has 1 aromatic rings. The van der Waals surface area contributed by atoms with Crippen LogP contribution in [0.2, 0.25) is 0 Å². The van der Waals surface area contributed by atoms with Crippen LogP contribution in [0.4, 0.5) is 5.69 Å². The van der Waals surface area contributed by atoms with Crippen molar-refractivity contribution < 1.29 is 19.4 Å². The first-order valence-electron chi connectivity index (χ1n) is 7.46. The van der Waals surface area contributed by atoms with Crippen molar-refractivity contribution in [2.75, 3.05) is 12.0 Å². The van der Waals surface area contributed by atoms with E-state index in [0.29, 0.717) is 17.9 Å². The molecule has 0 amide bonds. The van der Waals surface area contributed by atoms with E-state index in [1.165, 1.54) is 0 Å². The van der Waals surface area contributed by atoms with Gasteiger partial charge in [0.1, 0.15) is 5.70 Å². The number of carboxylic acid groups (broad SMARTS) is 1. The van der Waals surface area contributed by atoms with Gasteiger partial charge in [-0.1, -0.05) is 0 Å². The number of ether oxygens (including phenoxy) is 2. The number of methoxy groups -OCH3 is 1. The second-order valence-corrected chi connectivity index (χ2v) is 6.64. The fourth-order valence-corrected chi connectivity index (χ4v) is 3.69. The lowest BCUT2D eigenvalue weighted by atomic mass is 9.98. The predicted octanol–water partition coefficient (Wildman–Crippen LogP) is 2.81. The van der Waals surface area contributed by atoms with Crippen molar-refractivity contribution in [2.45, 2.75) is 37.9 Å². The zero-order valence-corrected chi connectivity index (χ0v) is 14.8. The van der Waals surface area contributed by atoms with E-state index >= 15 is 0 Å². The smallest absolute Gasteiger partial charge is 0.353 e. The summed E-state index contributed by atoms with van der Waals surface area (Å²) in [5.41, 5.74) is 3.08. The van der Waals surface area contributed by atoms with Gasteiger partial charge in [-0.05, 0) is 54.2 Å². The number of benzene rings is 1. The van der Waals surface area contributed by atoms with Crippen LogP contribution in [-0.4, -0.2) is 29.4 Å². The highest BCUT2D eigenvalue weighted by Gasteiger charge is 2.37. The van der Waals surface area contributed by atoms with Gasteiger partial charge in [0.25, 0.3) is 0 Å². The van der Waals surface area contributed by atoms with Crippen LogP contribution in [0.5, 0.6) is 11.5 Å². The summed E-state index contributed by atoms with van der Waals surface area (Å²) in [5, 5.41) is 12.0. The van der Waals surface area contributed by atoms with E-state index in [0.717, 1.165) is 23.4 Å². The number of carbonyl (C=O) groups is 1. The summed E-state index contributed by atoms with van der Waals surface area (Å²) in [6.45, 7) is 3.91. The number of alkyl halides is 1. The molecule has 1 unspecified atom stereocenters. The SMILES string of the molecule is COc1cc2c(cc1OC(C)C)N1C(=C(C(=O)O)NC1Br)CC2. The maximum Gasteiger partial charge on any atom is 0.353 e. The minimum absolute atomic E-state index is 0.0200. The van der Waals surface area contributed by atoms with Gasteiger partial charge in [0, 0.05) is 6.07 Å². The minimum atomic E-state index is -0.942. The third kappa shape index (κ3) is 2.73. The molecule has 6 nitrogen and oxygen atoms in total. The summed E-state index contributed by atoms with van der Waals surface area (Å²) in [7, 11) is 1.62. The van der Waals surface area contributed by atoms with Crippen molar-refractivity contribution in [3.05, 3.63) is 29.1 Å². The van der Waals surface area contributed by atoms with E-state index in [2.05, 4.69) is 21.2 Å². The number of hydrogen-bond donors (Lipinski definition) is 2. The Morgan fingerprint density at radius 3 is 2.74 bits per heavy atom. The van der Waals surface area contributed by atoms with Gasteiger partial charge in [-0.15, -0.1) is 0 Å². The molecule has 0 saturated heterocycles. The number of aryl methyl sites for hydroxylation is 1. The molecule has 1 atom stereocenters. The molecule has 2 N–H and O–H groups in total. The van der Waals surface area contributed by atoms with Crippen LogP contribution in [-0.2, 0) is 11.2 Å². The van der Waals surface area contributed by atoms with E-state index in [9.17, 15) is 9.90 Å². The minimum Gasteiger partial charge on any atom is -0.493 e. The van der Waals surface area contributed by atoms with Crippen LogP contribution in [0.1, 0.15) is 25.8 Å². The zero-order chi connectivity index (χ0) is 16.7. The van der Waals surface area contributed by atoms with Crippen molar-refractivity contribution in [3.63, 3.8) is 0 Å². The van der Waals surface area contributed by atoms with Gasteiger partial charge in [0.05, 0.1) is 24.6 Å². The number of anilines is 1. The molecular weight excluding hydrogens is 364 g/mol. The van der Waals surface area contributed by atoms with E-state index in [1.807, 2.05) is 30.9 Å². The van der Waals surface area contributed by atoms with Crippen LogP contribution < -0.4 is 19.7 Å². The van der Waals surface area contributed by atoms with Crippen LogP contribution in [0.25, 0.3) is 0 Å². The van der Waals surface area contributed by atoms with Gasteiger partial charge in [0.15, 0.2) is 16.6 Å². The normalized spacial score (nSPS) is 19.3. The summed E-state index contributed by atoms with van der Waals surface area (Å²) in [5.74, 6) is 0.412. The number of rotatable bonds is 4. The first-order valence-corrected chi connectivity index (χ1v) is 8.37. The van der Waals surface area contributed by atoms with Crippen molar-refractivity contribution in [3.8, 4) is 11.5 Å². The molecule has 1 aromatic carbocycles. The highest BCUT2D eigenvalue weighted by Crippen LogP contribution is 2.44.